The molecule has 1 aromatic rings. The predicted octanol–water partition coefficient (Wildman–Crippen LogP) is 2.09. The van der Waals surface area contributed by atoms with Crippen LogP contribution in [-0.4, -0.2) is 18.1 Å². The normalized spacial score (nSPS) is 18.3. The second-order valence-electron chi connectivity index (χ2n) is 4.43. The van der Waals surface area contributed by atoms with Gasteiger partial charge in [0.2, 0.25) is 0 Å². The molecular weight excluding hydrogens is 186 g/mol. The van der Waals surface area contributed by atoms with Crippen molar-refractivity contribution in [1.82, 2.24) is 4.98 Å². The molecule has 1 heterocycles. The van der Waals surface area contributed by atoms with E-state index in [0.29, 0.717) is 6.04 Å². The topological polar surface area (TPSA) is 42.1 Å². The first kappa shape index (κ1) is 10.4. The molecule has 1 aromatic heterocycles. The first-order valence-corrected chi connectivity index (χ1v) is 5.63. The smallest absolute Gasteiger partial charge is 0.128 e. The minimum atomic E-state index is 0.0848. The van der Waals surface area contributed by atoms with Gasteiger partial charge in [-0.25, -0.2) is 4.98 Å². The Morgan fingerprint density at radius 1 is 1.53 bits per heavy atom. The van der Waals surface area contributed by atoms with E-state index in [1.807, 2.05) is 19.2 Å². The molecule has 1 atom stereocenters. The van der Waals surface area contributed by atoms with E-state index in [9.17, 15) is 0 Å². The highest BCUT2D eigenvalue weighted by Crippen LogP contribution is 2.27. The van der Waals surface area contributed by atoms with Gasteiger partial charge < -0.3 is 10.6 Å². The monoisotopic (exact) mass is 205 g/mol. The lowest BCUT2D eigenvalue weighted by Crippen LogP contribution is -2.37. The van der Waals surface area contributed by atoms with Gasteiger partial charge in [0.15, 0.2) is 0 Å². The molecule has 0 aliphatic heterocycles. The van der Waals surface area contributed by atoms with Crippen molar-refractivity contribution in [3.05, 3.63) is 23.9 Å². The van der Waals surface area contributed by atoms with Crippen molar-refractivity contribution >= 4 is 5.82 Å². The molecule has 1 unspecified atom stereocenters. The van der Waals surface area contributed by atoms with Crippen molar-refractivity contribution in [2.45, 2.75) is 38.3 Å². The van der Waals surface area contributed by atoms with Gasteiger partial charge in [-0.1, -0.05) is 0 Å². The largest absolute Gasteiger partial charge is 0.357 e. The molecule has 15 heavy (non-hydrogen) atoms. The number of nitrogens with two attached hydrogens (primary N) is 1. The van der Waals surface area contributed by atoms with E-state index in [0.717, 1.165) is 11.4 Å². The second kappa shape index (κ2) is 4.19. The van der Waals surface area contributed by atoms with Crippen molar-refractivity contribution in [3.63, 3.8) is 0 Å². The van der Waals surface area contributed by atoms with E-state index in [1.54, 1.807) is 0 Å². The van der Waals surface area contributed by atoms with Crippen LogP contribution in [0.25, 0.3) is 0 Å². The van der Waals surface area contributed by atoms with Crippen molar-refractivity contribution in [3.8, 4) is 0 Å². The maximum Gasteiger partial charge on any atom is 0.128 e. The summed E-state index contributed by atoms with van der Waals surface area (Å²) >= 11 is 0. The highest BCUT2D eigenvalue weighted by atomic mass is 15.2. The Kier molecular flexibility index (Phi) is 2.91. The minimum Gasteiger partial charge on any atom is -0.357 e. The van der Waals surface area contributed by atoms with Crippen LogP contribution in [0.5, 0.6) is 0 Å². The molecule has 3 nitrogen and oxygen atoms in total. The van der Waals surface area contributed by atoms with Crippen molar-refractivity contribution in [1.29, 1.82) is 0 Å². The Morgan fingerprint density at radius 3 is 2.80 bits per heavy atom. The van der Waals surface area contributed by atoms with Crippen molar-refractivity contribution < 1.29 is 0 Å². The zero-order chi connectivity index (χ0) is 10.8. The zero-order valence-corrected chi connectivity index (χ0v) is 9.48. The summed E-state index contributed by atoms with van der Waals surface area (Å²) in [6, 6.07) is 4.86. The van der Waals surface area contributed by atoms with Gasteiger partial charge in [0.25, 0.3) is 0 Å². The summed E-state index contributed by atoms with van der Waals surface area (Å²) in [5.41, 5.74) is 7.02. The average molecular weight is 205 g/mol. The molecule has 0 saturated heterocycles. The van der Waals surface area contributed by atoms with Gasteiger partial charge in [-0.05, 0) is 43.9 Å². The summed E-state index contributed by atoms with van der Waals surface area (Å²) in [4.78, 5) is 6.67. The standard InChI is InChI=1S/C12H19N3/c1-9(13)10-6-7-14-12(8-10)15(2)11-4-3-5-11/h6-9,11H,3-5,13H2,1-2H3. The van der Waals surface area contributed by atoms with Crippen LogP contribution < -0.4 is 10.6 Å². The molecule has 0 aromatic carbocycles. The highest BCUT2D eigenvalue weighted by molar-refractivity contribution is 5.42. The minimum absolute atomic E-state index is 0.0848. The van der Waals surface area contributed by atoms with Gasteiger partial charge >= 0.3 is 0 Å². The van der Waals surface area contributed by atoms with Crippen LogP contribution in [0.1, 0.15) is 37.8 Å². The molecule has 1 fully saturated rings. The van der Waals surface area contributed by atoms with E-state index < -0.39 is 0 Å². The van der Waals surface area contributed by atoms with E-state index in [1.165, 1.54) is 19.3 Å². The Labute approximate surface area is 91.3 Å². The number of aromatic nitrogens is 1. The number of pyridine rings is 1. The molecule has 3 heteroatoms. The van der Waals surface area contributed by atoms with E-state index in [2.05, 4.69) is 23.0 Å². The number of hydrogen-bond acceptors (Lipinski definition) is 3. The van der Waals surface area contributed by atoms with E-state index in [4.69, 9.17) is 5.73 Å². The fourth-order valence-corrected chi connectivity index (χ4v) is 1.87. The van der Waals surface area contributed by atoms with E-state index >= 15 is 0 Å². The Hall–Kier alpha value is -1.09. The molecule has 2 N–H and O–H groups in total. The molecule has 82 valence electrons. The van der Waals surface area contributed by atoms with Crippen molar-refractivity contribution in [2.75, 3.05) is 11.9 Å². The highest BCUT2D eigenvalue weighted by Gasteiger charge is 2.23. The summed E-state index contributed by atoms with van der Waals surface area (Å²) in [7, 11) is 2.12. The molecule has 0 amide bonds. The molecule has 1 aliphatic carbocycles. The third kappa shape index (κ3) is 2.12. The fraction of sp³-hybridized carbons (Fsp3) is 0.583. The summed E-state index contributed by atoms with van der Waals surface area (Å²) in [6.07, 6.45) is 5.78. The summed E-state index contributed by atoms with van der Waals surface area (Å²) < 4.78 is 0. The van der Waals surface area contributed by atoms with Gasteiger partial charge in [-0.15, -0.1) is 0 Å². The van der Waals surface area contributed by atoms with Gasteiger partial charge in [-0.2, -0.15) is 0 Å². The molecule has 0 bridgehead atoms. The Bertz CT molecular complexity index is 331. The first-order valence-electron chi connectivity index (χ1n) is 5.63. The third-order valence-electron chi connectivity index (χ3n) is 3.28. The lowest BCUT2D eigenvalue weighted by molar-refractivity contribution is 0.399. The fourth-order valence-electron chi connectivity index (χ4n) is 1.87. The summed E-state index contributed by atoms with van der Waals surface area (Å²) in [5.74, 6) is 1.05. The SMILES string of the molecule is CC(N)c1ccnc(N(C)C2CCC2)c1. The molecule has 2 rings (SSSR count). The van der Waals surface area contributed by atoms with Gasteiger partial charge in [0.05, 0.1) is 0 Å². The number of anilines is 1. The number of hydrogen-bond donors (Lipinski definition) is 1. The Balaban J connectivity index is 2.16. The summed E-state index contributed by atoms with van der Waals surface area (Å²) in [5, 5.41) is 0. The lowest BCUT2D eigenvalue weighted by Gasteiger charge is -2.35. The molecule has 1 saturated carbocycles. The lowest BCUT2D eigenvalue weighted by atomic mass is 9.92. The number of nitrogens with zero attached hydrogens (tertiary/aromatic N) is 2. The third-order valence-corrected chi connectivity index (χ3v) is 3.28. The molecule has 1 aliphatic rings. The van der Waals surface area contributed by atoms with Crippen LogP contribution in [0, 0.1) is 0 Å². The average Bonchev–Trinajstić information content (AvgIpc) is 2.15. The van der Waals surface area contributed by atoms with Gasteiger partial charge in [-0.3, -0.25) is 0 Å². The number of rotatable bonds is 3. The maximum atomic E-state index is 5.86. The predicted molar refractivity (Wildman–Crippen MR) is 62.9 cm³/mol. The summed E-state index contributed by atoms with van der Waals surface area (Å²) in [6.45, 7) is 2.00. The first-order chi connectivity index (χ1) is 7.18. The van der Waals surface area contributed by atoms with Gasteiger partial charge in [0.1, 0.15) is 5.82 Å². The van der Waals surface area contributed by atoms with Crippen LogP contribution in [0.4, 0.5) is 5.82 Å². The van der Waals surface area contributed by atoms with Crippen LogP contribution >= 0.6 is 0 Å². The zero-order valence-electron chi connectivity index (χ0n) is 9.48. The second-order valence-corrected chi connectivity index (χ2v) is 4.43. The van der Waals surface area contributed by atoms with E-state index in [-0.39, 0.29) is 6.04 Å². The van der Waals surface area contributed by atoms with Crippen LogP contribution in [0.3, 0.4) is 0 Å². The van der Waals surface area contributed by atoms with Crippen LogP contribution in [0.2, 0.25) is 0 Å². The molecular formula is C12H19N3. The van der Waals surface area contributed by atoms with Crippen LogP contribution in [0.15, 0.2) is 18.3 Å². The quantitative estimate of drug-likeness (QED) is 0.821. The van der Waals surface area contributed by atoms with Crippen LogP contribution in [-0.2, 0) is 0 Å². The molecule has 0 radical (unpaired) electrons. The maximum absolute atomic E-state index is 5.86. The van der Waals surface area contributed by atoms with Crippen molar-refractivity contribution in [2.24, 2.45) is 5.73 Å². The Morgan fingerprint density at radius 2 is 2.27 bits per heavy atom. The van der Waals surface area contributed by atoms with Gasteiger partial charge in [0, 0.05) is 25.3 Å². The molecule has 0 spiro atoms.